The second-order valence-corrected chi connectivity index (χ2v) is 5.98. The fourth-order valence-electron chi connectivity index (χ4n) is 0.491. The van der Waals surface area contributed by atoms with Crippen LogP contribution < -0.4 is 0 Å². The largest absolute Gasteiger partial charge is 0.334 e. The van der Waals surface area contributed by atoms with Crippen molar-refractivity contribution < 1.29 is 12.3 Å². The highest BCUT2D eigenvalue weighted by atomic mass is 79.9. The van der Waals surface area contributed by atoms with E-state index in [1.807, 2.05) is 0 Å². The number of rotatable bonds is 1. The maximum atomic E-state index is 12.3. The Morgan fingerprint density at radius 3 is 2.36 bits per heavy atom. The number of halogens is 3. The molecule has 0 aromatic carbocycles. The summed E-state index contributed by atoms with van der Waals surface area (Å²) in [5.41, 5.74) is 0. The predicted octanol–water partition coefficient (Wildman–Crippen LogP) is 2.82. The fourth-order valence-corrected chi connectivity index (χ4v) is 3.67. The number of hydrogen-bond donors (Lipinski definition) is 0. The molecule has 0 bridgehead atoms. The molecule has 0 aliphatic heterocycles. The molecule has 0 aliphatic rings. The van der Waals surface area contributed by atoms with Crippen molar-refractivity contribution in [3.8, 4) is 0 Å². The van der Waals surface area contributed by atoms with Crippen LogP contribution in [0.4, 0.5) is 3.89 Å². The first-order valence-corrected chi connectivity index (χ1v) is 5.68. The molecule has 1 aromatic rings. The van der Waals surface area contributed by atoms with Crippen LogP contribution in [-0.2, 0) is 10.2 Å². The third kappa shape index (κ3) is 2.14. The monoisotopic (exact) mass is 278 g/mol. The molecule has 0 radical (unpaired) electrons. The van der Waals surface area contributed by atoms with Gasteiger partial charge in [0.25, 0.3) is 0 Å². The lowest BCUT2D eigenvalue weighted by molar-refractivity contribution is 0.552. The van der Waals surface area contributed by atoms with Crippen LogP contribution in [0, 0.1) is 0 Å². The molecule has 1 heterocycles. The van der Waals surface area contributed by atoms with Crippen molar-refractivity contribution in [2.45, 2.75) is 4.90 Å². The van der Waals surface area contributed by atoms with Crippen LogP contribution in [0.25, 0.3) is 0 Å². The minimum atomic E-state index is -4.66. The molecule has 2 nitrogen and oxygen atoms in total. The van der Waals surface area contributed by atoms with Crippen LogP contribution in [0.3, 0.4) is 0 Å². The normalized spacial score (nSPS) is 11.9. The van der Waals surface area contributed by atoms with E-state index >= 15 is 0 Å². The molecule has 0 saturated carbocycles. The molecule has 0 amide bonds. The number of thiophene rings is 1. The van der Waals surface area contributed by atoms with Gasteiger partial charge in [0, 0.05) is 0 Å². The van der Waals surface area contributed by atoms with Crippen molar-refractivity contribution in [3.63, 3.8) is 0 Å². The lowest BCUT2D eigenvalue weighted by atomic mass is 10.7. The van der Waals surface area contributed by atoms with Crippen molar-refractivity contribution >= 4 is 49.1 Å². The molecule has 7 heteroatoms. The zero-order chi connectivity index (χ0) is 8.65. The average Bonchev–Trinajstić information content (AvgIpc) is 2.08. The van der Waals surface area contributed by atoms with E-state index in [1.165, 1.54) is 0 Å². The lowest BCUT2D eigenvalue weighted by Gasteiger charge is -1.86. The summed E-state index contributed by atoms with van der Waals surface area (Å²) >= 11 is 9.34. The molecule has 0 unspecified atom stereocenters. The van der Waals surface area contributed by atoms with Gasteiger partial charge in [-0.2, -0.15) is 8.42 Å². The van der Waals surface area contributed by atoms with Gasteiger partial charge in [-0.25, -0.2) is 0 Å². The molecule has 0 saturated heterocycles. The van der Waals surface area contributed by atoms with Gasteiger partial charge in [-0.1, -0.05) is 11.6 Å². The molecule has 11 heavy (non-hydrogen) atoms. The standard InChI is InChI=1S/C4HBrClFO2S2/c5-3-1-2(4(6)10-3)11(7,8)9/h1H. The first kappa shape index (κ1) is 9.44. The van der Waals surface area contributed by atoms with Crippen molar-refractivity contribution in [3.05, 3.63) is 14.2 Å². The zero-order valence-corrected chi connectivity index (χ0v) is 8.82. The van der Waals surface area contributed by atoms with Crippen LogP contribution in [0.5, 0.6) is 0 Å². The quantitative estimate of drug-likeness (QED) is 0.741. The van der Waals surface area contributed by atoms with Gasteiger partial charge in [-0.3, -0.25) is 0 Å². The molecular formula is C4HBrClFO2S2. The van der Waals surface area contributed by atoms with Gasteiger partial charge in [0.15, 0.2) is 0 Å². The minimum absolute atomic E-state index is 0.0700. The van der Waals surface area contributed by atoms with Gasteiger partial charge in [-0.05, 0) is 22.0 Å². The maximum Gasteiger partial charge on any atom is 0.334 e. The Morgan fingerprint density at radius 2 is 2.18 bits per heavy atom. The fraction of sp³-hybridized carbons (Fsp3) is 0. The molecule has 0 fully saturated rings. The Kier molecular flexibility index (Phi) is 2.58. The summed E-state index contributed by atoms with van der Waals surface area (Å²) in [4.78, 5) is -0.476. The molecule has 0 N–H and O–H groups in total. The van der Waals surface area contributed by atoms with Crippen molar-refractivity contribution in [1.29, 1.82) is 0 Å². The highest BCUT2D eigenvalue weighted by molar-refractivity contribution is 9.11. The van der Waals surface area contributed by atoms with E-state index < -0.39 is 15.1 Å². The summed E-state index contributed by atoms with van der Waals surface area (Å²) in [6, 6.07) is 1.13. The van der Waals surface area contributed by atoms with E-state index in [4.69, 9.17) is 11.6 Å². The molecule has 0 aliphatic carbocycles. The Labute approximate surface area is 80.3 Å². The van der Waals surface area contributed by atoms with Crippen molar-refractivity contribution in [2.24, 2.45) is 0 Å². The van der Waals surface area contributed by atoms with Gasteiger partial charge in [0.05, 0.1) is 3.79 Å². The number of hydrogen-bond acceptors (Lipinski definition) is 3. The highest BCUT2D eigenvalue weighted by Gasteiger charge is 2.19. The smallest absolute Gasteiger partial charge is 0.189 e. The van der Waals surface area contributed by atoms with Crippen LogP contribution in [0.1, 0.15) is 0 Å². The van der Waals surface area contributed by atoms with E-state index in [9.17, 15) is 12.3 Å². The van der Waals surface area contributed by atoms with Gasteiger partial charge in [0.1, 0.15) is 9.23 Å². The molecule has 0 spiro atoms. The summed E-state index contributed by atoms with van der Waals surface area (Å²) < 4.78 is 33.3. The molecule has 1 aromatic heterocycles. The maximum absolute atomic E-state index is 12.3. The Bertz CT molecular complexity index is 371. The second-order valence-electron chi connectivity index (χ2n) is 1.63. The summed E-state index contributed by atoms with van der Waals surface area (Å²) in [6.45, 7) is 0. The van der Waals surface area contributed by atoms with Crippen molar-refractivity contribution in [2.75, 3.05) is 0 Å². The topological polar surface area (TPSA) is 34.1 Å². The third-order valence-electron chi connectivity index (χ3n) is 0.888. The Balaban J connectivity index is 3.36. The van der Waals surface area contributed by atoms with Gasteiger partial charge in [0.2, 0.25) is 0 Å². The van der Waals surface area contributed by atoms with Gasteiger partial charge < -0.3 is 0 Å². The molecule has 1 rings (SSSR count). The molecule has 0 atom stereocenters. The first-order valence-electron chi connectivity index (χ1n) is 2.31. The molecule has 62 valence electrons. The predicted molar refractivity (Wildman–Crippen MR) is 45.3 cm³/mol. The second kappa shape index (κ2) is 3.01. The average molecular weight is 280 g/mol. The lowest BCUT2D eigenvalue weighted by Crippen LogP contribution is -1.88. The van der Waals surface area contributed by atoms with Gasteiger partial charge >= 0.3 is 10.2 Å². The first-order chi connectivity index (χ1) is 4.91. The van der Waals surface area contributed by atoms with Crippen LogP contribution >= 0.6 is 38.9 Å². The zero-order valence-electron chi connectivity index (χ0n) is 4.84. The Hall–Kier alpha value is 0.350. The van der Waals surface area contributed by atoms with E-state index in [1.54, 1.807) is 0 Å². The van der Waals surface area contributed by atoms with Gasteiger partial charge in [-0.15, -0.1) is 15.2 Å². The van der Waals surface area contributed by atoms with E-state index in [0.717, 1.165) is 17.4 Å². The minimum Gasteiger partial charge on any atom is -0.189 e. The van der Waals surface area contributed by atoms with E-state index in [-0.39, 0.29) is 4.34 Å². The summed E-state index contributed by atoms with van der Waals surface area (Å²) in [6.07, 6.45) is 0. The SMILES string of the molecule is O=S(=O)(F)c1cc(Br)sc1Cl. The third-order valence-corrected chi connectivity index (χ3v) is 3.84. The van der Waals surface area contributed by atoms with Crippen molar-refractivity contribution in [1.82, 2.24) is 0 Å². The van der Waals surface area contributed by atoms with Crippen LogP contribution in [-0.4, -0.2) is 8.42 Å². The summed E-state index contributed by atoms with van der Waals surface area (Å²) in [7, 11) is -4.66. The molecular weight excluding hydrogens is 279 g/mol. The highest BCUT2D eigenvalue weighted by Crippen LogP contribution is 2.35. The van der Waals surface area contributed by atoms with E-state index in [0.29, 0.717) is 3.79 Å². The van der Waals surface area contributed by atoms with E-state index in [2.05, 4.69) is 15.9 Å². The Morgan fingerprint density at radius 1 is 1.64 bits per heavy atom. The van der Waals surface area contributed by atoms with Crippen LogP contribution in [0.2, 0.25) is 4.34 Å². The van der Waals surface area contributed by atoms with Crippen LogP contribution in [0.15, 0.2) is 14.7 Å². The summed E-state index contributed by atoms with van der Waals surface area (Å²) in [5, 5.41) is 0. The summed E-state index contributed by atoms with van der Waals surface area (Å²) in [5.74, 6) is 0.